The molecule has 3 aromatic carbocycles. The number of fused-ring (bicyclic) bond motifs is 1. The first kappa shape index (κ1) is 29.8. The fourth-order valence-electron chi connectivity index (χ4n) is 5.28. The van der Waals surface area contributed by atoms with E-state index in [1.165, 1.54) is 11.3 Å². The maximum atomic E-state index is 14.3. The van der Waals surface area contributed by atoms with E-state index in [0.717, 1.165) is 28.1 Å². The lowest BCUT2D eigenvalue weighted by atomic mass is 9.96. The van der Waals surface area contributed by atoms with Crippen molar-refractivity contribution in [2.24, 2.45) is 4.99 Å². The third kappa shape index (κ3) is 5.84. The summed E-state index contributed by atoms with van der Waals surface area (Å²) in [5.41, 5.74) is 4.52. The third-order valence-corrected chi connectivity index (χ3v) is 8.41. The van der Waals surface area contributed by atoms with E-state index >= 15 is 0 Å². The van der Waals surface area contributed by atoms with Crippen LogP contribution in [-0.4, -0.2) is 40.6 Å². The number of carbonyl (C=O) groups is 1. The number of aromatic nitrogens is 3. The Hall–Kier alpha value is -5.22. The van der Waals surface area contributed by atoms with Crippen LogP contribution in [0.5, 0.6) is 11.5 Å². The van der Waals surface area contributed by atoms with Gasteiger partial charge in [0.2, 0.25) is 0 Å². The van der Waals surface area contributed by atoms with Gasteiger partial charge in [-0.15, -0.1) is 0 Å². The molecule has 0 saturated heterocycles. The molecule has 10 heteroatoms. The zero-order valence-electron chi connectivity index (χ0n) is 25.6. The summed E-state index contributed by atoms with van der Waals surface area (Å²) < 4.78 is 20.2. The van der Waals surface area contributed by atoms with Crippen molar-refractivity contribution in [2.75, 3.05) is 14.2 Å². The summed E-state index contributed by atoms with van der Waals surface area (Å²) in [6.07, 6.45) is 3.41. The van der Waals surface area contributed by atoms with Gasteiger partial charge < -0.3 is 14.2 Å². The molecule has 1 aliphatic heterocycles. The summed E-state index contributed by atoms with van der Waals surface area (Å²) in [6, 6.07) is 24.0. The van der Waals surface area contributed by atoms with Gasteiger partial charge in [-0.2, -0.15) is 5.10 Å². The lowest BCUT2D eigenvalue weighted by molar-refractivity contribution is -0.143. The molecule has 0 aliphatic carbocycles. The number of para-hydroxylation sites is 1. The van der Waals surface area contributed by atoms with Gasteiger partial charge in [0.25, 0.3) is 5.56 Å². The predicted molar refractivity (Wildman–Crippen MR) is 174 cm³/mol. The average Bonchev–Trinajstić information content (AvgIpc) is 3.61. The number of hydrogen-bond acceptors (Lipinski definition) is 8. The van der Waals surface area contributed by atoms with Crippen molar-refractivity contribution in [1.29, 1.82) is 0 Å². The predicted octanol–water partition coefficient (Wildman–Crippen LogP) is 5.06. The topological polar surface area (TPSA) is 96.9 Å². The molecule has 0 unspecified atom stereocenters. The summed E-state index contributed by atoms with van der Waals surface area (Å²) in [7, 11) is 3.22. The Labute approximate surface area is 264 Å². The molecular formula is C35H32N4O5S. The van der Waals surface area contributed by atoms with Gasteiger partial charge in [0.15, 0.2) is 4.80 Å². The summed E-state index contributed by atoms with van der Waals surface area (Å²) in [4.78, 5) is 32.9. The second-order valence-electron chi connectivity index (χ2n) is 10.8. The first-order valence-electron chi connectivity index (χ1n) is 14.4. The Morgan fingerprint density at radius 2 is 1.58 bits per heavy atom. The first-order valence-corrected chi connectivity index (χ1v) is 15.3. The van der Waals surface area contributed by atoms with Crippen LogP contribution < -0.4 is 24.4 Å². The Morgan fingerprint density at radius 1 is 0.933 bits per heavy atom. The zero-order chi connectivity index (χ0) is 31.7. The van der Waals surface area contributed by atoms with E-state index in [2.05, 4.69) is 0 Å². The van der Waals surface area contributed by atoms with Gasteiger partial charge in [-0.3, -0.25) is 9.36 Å². The number of hydrogen-bond donors (Lipinski definition) is 0. The second-order valence-corrected chi connectivity index (χ2v) is 11.8. The minimum absolute atomic E-state index is 0.268. The molecule has 0 saturated carbocycles. The van der Waals surface area contributed by atoms with Crippen LogP contribution in [0.4, 0.5) is 0 Å². The van der Waals surface area contributed by atoms with Crippen molar-refractivity contribution in [2.45, 2.75) is 32.9 Å². The average molecular weight is 621 g/mol. The maximum Gasteiger partial charge on any atom is 0.338 e. The minimum Gasteiger partial charge on any atom is -0.497 e. The molecule has 45 heavy (non-hydrogen) atoms. The van der Waals surface area contributed by atoms with Crippen LogP contribution in [0.2, 0.25) is 0 Å². The van der Waals surface area contributed by atoms with E-state index in [0.29, 0.717) is 32.0 Å². The van der Waals surface area contributed by atoms with Crippen LogP contribution in [0.1, 0.15) is 37.9 Å². The molecule has 6 rings (SSSR count). The summed E-state index contributed by atoms with van der Waals surface area (Å²) in [5.74, 6) is 0.892. The number of rotatable bonds is 8. The van der Waals surface area contributed by atoms with Gasteiger partial charge in [0.05, 0.1) is 47.9 Å². The van der Waals surface area contributed by atoms with Gasteiger partial charge in [0.1, 0.15) is 17.2 Å². The van der Waals surface area contributed by atoms with Crippen molar-refractivity contribution < 1.29 is 19.0 Å². The fraction of sp³-hybridized carbons (Fsp3) is 0.200. The van der Waals surface area contributed by atoms with E-state index in [4.69, 9.17) is 24.3 Å². The monoisotopic (exact) mass is 620 g/mol. The standard InChI is InChI=1S/C35H32N4O5S/c1-21(2)44-34(41)30-22(3)36-35-39(32(30)24-13-17-28(43-5)18-14-24)33(40)29(45-35)19-25-20-38(26-9-7-6-8-10-26)37-31(25)23-11-15-27(42-4)16-12-23/h6-21,32H,1-5H3/b29-19-/t32-/m0/s1. The highest BCUT2D eigenvalue weighted by molar-refractivity contribution is 7.07. The molecule has 1 aliphatic rings. The van der Waals surface area contributed by atoms with Crippen LogP contribution in [0.3, 0.4) is 0 Å². The van der Waals surface area contributed by atoms with Gasteiger partial charge in [-0.1, -0.05) is 41.7 Å². The highest BCUT2D eigenvalue weighted by Gasteiger charge is 2.34. The SMILES string of the molecule is COc1ccc(-c2nn(-c3ccccc3)cc2/C=c2\sc3n(c2=O)[C@@H](c2ccc(OC)cc2)C(C(=O)OC(C)C)=C(C)N=3)cc1. The van der Waals surface area contributed by atoms with Crippen LogP contribution in [0.25, 0.3) is 23.0 Å². The van der Waals surface area contributed by atoms with Gasteiger partial charge >= 0.3 is 5.97 Å². The lowest BCUT2D eigenvalue weighted by Gasteiger charge is -2.25. The molecule has 5 aromatic rings. The zero-order valence-corrected chi connectivity index (χ0v) is 26.4. The first-order chi connectivity index (χ1) is 21.8. The van der Waals surface area contributed by atoms with Crippen molar-refractivity contribution in [3.05, 3.63) is 127 Å². The smallest absolute Gasteiger partial charge is 0.338 e. The highest BCUT2D eigenvalue weighted by atomic mass is 32.1. The molecule has 0 fully saturated rings. The van der Waals surface area contributed by atoms with Crippen molar-refractivity contribution >= 4 is 23.4 Å². The molecule has 228 valence electrons. The summed E-state index contributed by atoms with van der Waals surface area (Å²) in [6.45, 7) is 5.36. The second kappa shape index (κ2) is 12.4. The fourth-order valence-corrected chi connectivity index (χ4v) is 6.32. The maximum absolute atomic E-state index is 14.3. The van der Waals surface area contributed by atoms with Crippen LogP contribution in [0.15, 0.2) is 106 Å². The van der Waals surface area contributed by atoms with Crippen LogP contribution in [0, 0.1) is 0 Å². The molecular weight excluding hydrogens is 588 g/mol. The number of carbonyl (C=O) groups excluding carboxylic acids is 1. The van der Waals surface area contributed by atoms with Crippen LogP contribution in [-0.2, 0) is 9.53 Å². The largest absolute Gasteiger partial charge is 0.497 e. The third-order valence-electron chi connectivity index (χ3n) is 7.43. The lowest BCUT2D eigenvalue weighted by Crippen LogP contribution is -2.40. The van der Waals surface area contributed by atoms with E-state index < -0.39 is 12.0 Å². The Bertz CT molecular complexity index is 2070. The molecule has 1 atom stereocenters. The number of thiazole rings is 1. The van der Waals surface area contributed by atoms with Gasteiger partial charge in [-0.25, -0.2) is 14.5 Å². The van der Waals surface area contributed by atoms with Crippen molar-refractivity contribution in [3.63, 3.8) is 0 Å². The summed E-state index contributed by atoms with van der Waals surface area (Å²) >= 11 is 1.27. The van der Waals surface area contributed by atoms with E-state index in [1.807, 2.05) is 91.1 Å². The Balaban J connectivity index is 1.54. The van der Waals surface area contributed by atoms with Gasteiger partial charge in [0, 0.05) is 17.3 Å². The van der Waals surface area contributed by atoms with E-state index in [-0.39, 0.29) is 11.7 Å². The quantitative estimate of drug-likeness (QED) is 0.225. The number of allylic oxidation sites excluding steroid dienone is 1. The highest BCUT2D eigenvalue weighted by Crippen LogP contribution is 2.32. The van der Waals surface area contributed by atoms with Crippen molar-refractivity contribution in [1.82, 2.24) is 14.3 Å². The summed E-state index contributed by atoms with van der Waals surface area (Å²) in [5, 5.41) is 4.90. The minimum atomic E-state index is -0.728. The number of benzene rings is 3. The molecule has 0 bridgehead atoms. The molecule has 3 heterocycles. The van der Waals surface area contributed by atoms with E-state index in [9.17, 15) is 9.59 Å². The van der Waals surface area contributed by atoms with Crippen molar-refractivity contribution in [3.8, 4) is 28.4 Å². The van der Waals surface area contributed by atoms with Crippen LogP contribution >= 0.6 is 11.3 Å². The number of methoxy groups -OCH3 is 2. The van der Waals surface area contributed by atoms with Gasteiger partial charge in [-0.05, 0) is 80.9 Å². The molecule has 0 radical (unpaired) electrons. The molecule has 0 N–H and O–H groups in total. The molecule has 0 amide bonds. The number of esters is 1. The normalized spacial score (nSPS) is 14.7. The number of nitrogens with zero attached hydrogens (tertiary/aromatic N) is 4. The Morgan fingerprint density at radius 3 is 2.20 bits per heavy atom. The molecule has 0 spiro atoms. The molecule has 9 nitrogen and oxygen atoms in total. The number of ether oxygens (including phenoxy) is 3. The Kier molecular flexibility index (Phi) is 8.23. The molecule has 2 aromatic heterocycles. The van der Waals surface area contributed by atoms with E-state index in [1.54, 1.807) is 44.2 Å².